The SMILES string of the molecule is C=N/C(=C\C=C(/C)Cl)NC[C@H](CC(C)C)N(C)C(=O)c1sc(C)nc1-c1ccccc1. The average Bonchev–Trinajstić information content (AvgIpc) is 3.13. The minimum atomic E-state index is -0.0234. The van der Waals surface area contributed by atoms with Crippen LogP contribution >= 0.6 is 22.9 Å². The summed E-state index contributed by atoms with van der Waals surface area (Å²) in [7, 11) is 1.86. The summed E-state index contributed by atoms with van der Waals surface area (Å²) in [5, 5.41) is 4.82. The van der Waals surface area contributed by atoms with Crippen LogP contribution in [-0.2, 0) is 0 Å². The molecule has 1 heterocycles. The Morgan fingerprint density at radius 2 is 2.00 bits per heavy atom. The molecule has 0 unspecified atom stereocenters. The number of carbonyl (C=O) groups is 1. The number of amides is 1. The summed E-state index contributed by atoms with van der Waals surface area (Å²) < 4.78 is 0. The van der Waals surface area contributed by atoms with E-state index in [1.54, 1.807) is 19.1 Å². The number of rotatable bonds is 10. The van der Waals surface area contributed by atoms with Crippen LogP contribution < -0.4 is 5.32 Å². The number of allylic oxidation sites excluding steroid dienone is 3. The van der Waals surface area contributed by atoms with Gasteiger partial charge in [-0.3, -0.25) is 4.79 Å². The predicted molar refractivity (Wildman–Crippen MR) is 133 cm³/mol. The van der Waals surface area contributed by atoms with Gasteiger partial charge >= 0.3 is 0 Å². The van der Waals surface area contributed by atoms with Crippen LogP contribution in [-0.4, -0.2) is 42.1 Å². The van der Waals surface area contributed by atoms with E-state index >= 15 is 0 Å². The van der Waals surface area contributed by atoms with E-state index in [1.807, 2.05) is 49.2 Å². The molecule has 0 spiro atoms. The Labute approximate surface area is 194 Å². The summed E-state index contributed by atoms with van der Waals surface area (Å²) in [5.41, 5.74) is 1.69. The van der Waals surface area contributed by atoms with Crippen molar-refractivity contribution in [2.75, 3.05) is 13.6 Å². The van der Waals surface area contributed by atoms with Crippen molar-refractivity contribution < 1.29 is 4.79 Å². The maximum absolute atomic E-state index is 13.5. The predicted octanol–water partition coefficient (Wildman–Crippen LogP) is 5.88. The van der Waals surface area contributed by atoms with E-state index in [0.717, 1.165) is 22.7 Å². The Morgan fingerprint density at radius 1 is 1.32 bits per heavy atom. The Morgan fingerprint density at radius 3 is 2.58 bits per heavy atom. The van der Waals surface area contributed by atoms with Crippen LogP contribution in [0.25, 0.3) is 11.3 Å². The first-order chi connectivity index (χ1) is 14.7. The van der Waals surface area contributed by atoms with E-state index in [4.69, 9.17) is 11.6 Å². The first-order valence-electron chi connectivity index (χ1n) is 10.3. The third-order valence-corrected chi connectivity index (χ3v) is 5.83. The van der Waals surface area contributed by atoms with Crippen molar-refractivity contribution in [1.82, 2.24) is 15.2 Å². The lowest BCUT2D eigenvalue weighted by molar-refractivity contribution is 0.0719. The molecule has 0 aliphatic heterocycles. The fraction of sp³-hybridized carbons (Fsp3) is 0.375. The normalized spacial score (nSPS) is 13.3. The summed E-state index contributed by atoms with van der Waals surface area (Å²) in [5.74, 6) is 1.02. The number of hydrogen-bond acceptors (Lipinski definition) is 5. The lowest BCUT2D eigenvalue weighted by Gasteiger charge is -2.30. The summed E-state index contributed by atoms with van der Waals surface area (Å²) in [6.45, 7) is 12.2. The van der Waals surface area contributed by atoms with Gasteiger partial charge in [0.2, 0.25) is 0 Å². The third-order valence-electron chi connectivity index (χ3n) is 4.75. The largest absolute Gasteiger partial charge is 0.368 e. The molecule has 7 heteroatoms. The lowest BCUT2D eigenvalue weighted by Crippen LogP contribution is -2.43. The zero-order valence-electron chi connectivity index (χ0n) is 18.9. The van der Waals surface area contributed by atoms with Gasteiger partial charge in [0.05, 0.1) is 10.7 Å². The van der Waals surface area contributed by atoms with Gasteiger partial charge in [-0.25, -0.2) is 9.98 Å². The van der Waals surface area contributed by atoms with Crippen LogP contribution in [0, 0.1) is 12.8 Å². The molecule has 0 fully saturated rings. The number of aliphatic imine (C=N–C) groups is 1. The Kier molecular flexibility index (Phi) is 9.46. The first kappa shape index (κ1) is 24.8. The number of hydrogen-bond donors (Lipinski definition) is 1. The maximum Gasteiger partial charge on any atom is 0.266 e. The fourth-order valence-corrected chi connectivity index (χ4v) is 4.18. The van der Waals surface area contributed by atoms with Gasteiger partial charge in [0, 0.05) is 30.2 Å². The smallest absolute Gasteiger partial charge is 0.266 e. The van der Waals surface area contributed by atoms with Gasteiger partial charge in [-0.15, -0.1) is 11.3 Å². The molecule has 1 atom stereocenters. The number of carbonyl (C=O) groups excluding carboxylic acids is 1. The Balaban J connectivity index is 2.26. The molecule has 31 heavy (non-hydrogen) atoms. The van der Waals surface area contributed by atoms with Gasteiger partial charge in [-0.05, 0) is 45.1 Å². The number of nitrogens with one attached hydrogen (secondary N) is 1. The minimum absolute atomic E-state index is 0.0227. The highest BCUT2D eigenvalue weighted by atomic mass is 35.5. The van der Waals surface area contributed by atoms with Crippen LogP contribution in [0.5, 0.6) is 0 Å². The van der Waals surface area contributed by atoms with Gasteiger partial charge in [0.25, 0.3) is 5.91 Å². The van der Waals surface area contributed by atoms with Gasteiger partial charge in [-0.2, -0.15) is 0 Å². The standard InChI is InChI=1S/C24H31ClN4OS/c1-16(2)14-20(15-27-21(26-5)13-12-17(3)25)29(6)24(30)23-22(28-18(4)31-23)19-10-8-7-9-11-19/h7-13,16,20,27H,5,14-15H2,1-4,6H3/b17-12+,21-13+/t20-/m0/s1. The average molecular weight is 459 g/mol. The molecule has 2 aromatic rings. The number of likely N-dealkylation sites (N-methyl/N-ethyl adjacent to an activating group) is 1. The highest BCUT2D eigenvalue weighted by Gasteiger charge is 2.26. The van der Waals surface area contributed by atoms with E-state index in [1.165, 1.54) is 11.3 Å². The minimum Gasteiger partial charge on any atom is -0.368 e. The van der Waals surface area contributed by atoms with Crippen LogP contribution in [0.15, 0.2) is 58.3 Å². The van der Waals surface area contributed by atoms with Crippen LogP contribution in [0.3, 0.4) is 0 Å². The molecule has 1 aromatic carbocycles. The molecule has 1 amide bonds. The van der Waals surface area contributed by atoms with E-state index in [9.17, 15) is 4.79 Å². The summed E-state index contributed by atoms with van der Waals surface area (Å²) in [6, 6.07) is 9.82. The van der Waals surface area contributed by atoms with Gasteiger partial charge in [0.1, 0.15) is 10.7 Å². The monoisotopic (exact) mass is 458 g/mol. The number of halogens is 1. The van der Waals surface area contributed by atoms with Crippen molar-refractivity contribution in [3.63, 3.8) is 0 Å². The van der Waals surface area contributed by atoms with Crippen molar-refractivity contribution in [3.05, 3.63) is 63.2 Å². The highest BCUT2D eigenvalue weighted by Crippen LogP contribution is 2.29. The molecule has 1 N–H and O–H groups in total. The molecule has 5 nitrogen and oxygen atoms in total. The number of aryl methyl sites for hydroxylation is 1. The van der Waals surface area contributed by atoms with Crippen molar-refractivity contribution in [2.45, 2.75) is 40.2 Å². The maximum atomic E-state index is 13.5. The highest BCUT2D eigenvalue weighted by molar-refractivity contribution is 7.14. The fourth-order valence-electron chi connectivity index (χ4n) is 3.20. The number of aromatic nitrogens is 1. The molecule has 0 aliphatic carbocycles. The second kappa shape index (κ2) is 11.8. The molecule has 1 aromatic heterocycles. The molecular weight excluding hydrogens is 428 g/mol. The summed E-state index contributed by atoms with van der Waals surface area (Å²) in [6.07, 6.45) is 4.39. The molecule has 0 aliphatic rings. The van der Waals surface area contributed by atoms with Crippen molar-refractivity contribution in [2.24, 2.45) is 10.9 Å². The molecule has 2 rings (SSSR count). The zero-order chi connectivity index (χ0) is 23.0. The zero-order valence-corrected chi connectivity index (χ0v) is 20.4. The first-order valence-corrected chi connectivity index (χ1v) is 11.5. The van der Waals surface area contributed by atoms with E-state index in [2.05, 4.69) is 35.9 Å². The number of benzene rings is 1. The third kappa shape index (κ3) is 7.33. The van der Waals surface area contributed by atoms with Crippen LogP contribution in [0.4, 0.5) is 0 Å². The molecule has 0 saturated carbocycles. The van der Waals surface area contributed by atoms with Crippen molar-refractivity contribution in [3.8, 4) is 11.3 Å². The topological polar surface area (TPSA) is 57.6 Å². The lowest BCUT2D eigenvalue weighted by atomic mass is 10.0. The van der Waals surface area contributed by atoms with Crippen LogP contribution in [0.2, 0.25) is 0 Å². The Bertz CT molecular complexity index is 946. The Hall–Kier alpha value is -2.44. The number of thiazole rings is 1. The molecule has 0 bridgehead atoms. The second-order valence-corrected chi connectivity index (χ2v) is 9.62. The molecule has 166 valence electrons. The van der Waals surface area contributed by atoms with Crippen molar-refractivity contribution >= 4 is 35.6 Å². The second-order valence-electron chi connectivity index (χ2n) is 7.82. The van der Waals surface area contributed by atoms with Crippen LogP contribution in [0.1, 0.15) is 41.9 Å². The van der Waals surface area contributed by atoms with Gasteiger partial charge in [0.15, 0.2) is 0 Å². The number of nitrogens with zero attached hydrogens (tertiary/aromatic N) is 3. The molecular formula is C24H31ClN4OS. The van der Waals surface area contributed by atoms with Gasteiger partial charge < -0.3 is 10.2 Å². The summed E-state index contributed by atoms with van der Waals surface area (Å²) in [4.78, 5) is 24.6. The van der Waals surface area contributed by atoms with E-state index in [0.29, 0.717) is 28.2 Å². The van der Waals surface area contributed by atoms with E-state index in [-0.39, 0.29) is 11.9 Å². The quantitative estimate of drug-likeness (QED) is 0.357. The van der Waals surface area contributed by atoms with Gasteiger partial charge in [-0.1, -0.05) is 55.8 Å². The summed E-state index contributed by atoms with van der Waals surface area (Å²) >= 11 is 7.34. The molecule has 0 saturated heterocycles. The van der Waals surface area contributed by atoms with E-state index < -0.39 is 0 Å². The van der Waals surface area contributed by atoms with Crippen molar-refractivity contribution in [1.29, 1.82) is 0 Å². The molecule has 0 radical (unpaired) electrons.